The van der Waals surface area contributed by atoms with E-state index in [-0.39, 0.29) is 17.9 Å². The zero-order valence-electron chi connectivity index (χ0n) is 12.9. The Kier molecular flexibility index (Phi) is 6.27. The van der Waals surface area contributed by atoms with Crippen LogP contribution in [0, 0.1) is 0 Å². The van der Waals surface area contributed by atoms with Gasteiger partial charge in [0.2, 0.25) is 5.91 Å². The number of amides is 2. The van der Waals surface area contributed by atoms with E-state index < -0.39 is 6.04 Å². The number of hydrogen-bond donors (Lipinski definition) is 2. The molecule has 1 aliphatic rings. The predicted octanol–water partition coefficient (Wildman–Crippen LogP) is 1.82. The number of carbonyl (C=O) groups excluding carboxylic acids is 2. The highest BCUT2D eigenvalue weighted by Crippen LogP contribution is 2.26. The number of ether oxygens (including phenoxy) is 1. The summed E-state index contributed by atoms with van der Waals surface area (Å²) in [5.74, 6) is 0.402. The first-order valence-corrected chi connectivity index (χ1v) is 8.46. The molecule has 0 radical (unpaired) electrons. The van der Waals surface area contributed by atoms with Crippen LogP contribution in [0.2, 0.25) is 0 Å². The third-order valence-corrected chi connectivity index (χ3v) is 4.77. The molecule has 2 rings (SSSR count). The molecular formula is C16H22N2O3S. The molecule has 2 unspecified atom stereocenters. The average molecular weight is 322 g/mol. The number of benzene rings is 1. The van der Waals surface area contributed by atoms with Crippen molar-refractivity contribution >= 4 is 23.6 Å². The lowest BCUT2D eigenvalue weighted by molar-refractivity contribution is -0.122. The fourth-order valence-electron chi connectivity index (χ4n) is 2.30. The molecule has 2 amide bonds. The first-order valence-electron chi connectivity index (χ1n) is 7.47. The fraction of sp³-hybridized carbons (Fsp3) is 0.500. The maximum atomic E-state index is 12.4. The summed E-state index contributed by atoms with van der Waals surface area (Å²) in [6.45, 7) is 2.50. The lowest BCUT2D eigenvalue weighted by atomic mass is 10.2. The molecule has 6 heteroatoms. The van der Waals surface area contributed by atoms with Crippen molar-refractivity contribution in [1.29, 1.82) is 0 Å². The number of likely N-dealkylation sites (N-methyl/N-ethyl adjacent to an activating group) is 1. The van der Waals surface area contributed by atoms with Gasteiger partial charge < -0.3 is 15.4 Å². The minimum absolute atomic E-state index is 0.210. The number of hydrogen-bond acceptors (Lipinski definition) is 4. The SMILES string of the molecule is CNC(=O)C(C)NC(=O)c1ccccc1SCC1CCCO1. The highest BCUT2D eigenvalue weighted by molar-refractivity contribution is 7.99. The lowest BCUT2D eigenvalue weighted by Gasteiger charge is -2.15. The molecular weight excluding hydrogens is 300 g/mol. The summed E-state index contributed by atoms with van der Waals surface area (Å²) in [4.78, 5) is 24.8. The Bertz CT molecular complexity index is 530. The fourth-order valence-corrected chi connectivity index (χ4v) is 3.41. The number of nitrogens with one attached hydrogen (secondary N) is 2. The minimum atomic E-state index is -0.561. The third kappa shape index (κ3) is 4.48. The monoisotopic (exact) mass is 322 g/mol. The molecule has 2 N–H and O–H groups in total. The summed E-state index contributed by atoms with van der Waals surface area (Å²) in [5.41, 5.74) is 0.598. The van der Waals surface area contributed by atoms with E-state index in [0.29, 0.717) is 5.56 Å². The summed E-state index contributed by atoms with van der Waals surface area (Å²) in [5, 5.41) is 5.24. The van der Waals surface area contributed by atoms with Crippen molar-refractivity contribution in [3.63, 3.8) is 0 Å². The molecule has 2 atom stereocenters. The zero-order chi connectivity index (χ0) is 15.9. The second kappa shape index (κ2) is 8.19. The summed E-state index contributed by atoms with van der Waals surface area (Å²) in [6, 6.07) is 6.89. The van der Waals surface area contributed by atoms with E-state index in [0.717, 1.165) is 30.1 Å². The second-order valence-electron chi connectivity index (χ2n) is 5.25. The maximum absolute atomic E-state index is 12.4. The molecule has 1 fully saturated rings. The molecule has 1 aromatic carbocycles. The Morgan fingerprint density at radius 1 is 1.41 bits per heavy atom. The normalized spacial score (nSPS) is 18.7. The van der Waals surface area contributed by atoms with E-state index >= 15 is 0 Å². The predicted molar refractivity (Wildman–Crippen MR) is 87.1 cm³/mol. The van der Waals surface area contributed by atoms with Crippen LogP contribution in [0.25, 0.3) is 0 Å². The van der Waals surface area contributed by atoms with Crippen LogP contribution in [0.3, 0.4) is 0 Å². The van der Waals surface area contributed by atoms with Crippen molar-refractivity contribution in [3.05, 3.63) is 29.8 Å². The van der Waals surface area contributed by atoms with Crippen LogP contribution < -0.4 is 10.6 Å². The van der Waals surface area contributed by atoms with Gasteiger partial charge in [-0.05, 0) is 31.9 Å². The first-order chi connectivity index (χ1) is 10.6. The van der Waals surface area contributed by atoms with Gasteiger partial charge >= 0.3 is 0 Å². The Morgan fingerprint density at radius 2 is 2.18 bits per heavy atom. The van der Waals surface area contributed by atoms with Gasteiger partial charge in [0.05, 0.1) is 11.7 Å². The second-order valence-corrected chi connectivity index (χ2v) is 6.31. The topological polar surface area (TPSA) is 67.4 Å². The van der Waals surface area contributed by atoms with E-state index in [9.17, 15) is 9.59 Å². The van der Waals surface area contributed by atoms with Crippen molar-refractivity contribution in [2.24, 2.45) is 0 Å². The molecule has 0 spiro atoms. The van der Waals surface area contributed by atoms with E-state index in [2.05, 4.69) is 10.6 Å². The van der Waals surface area contributed by atoms with Crippen LogP contribution in [0.1, 0.15) is 30.1 Å². The molecule has 0 saturated carbocycles. The van der Waals surface area contributed by atoms with Gasteiger partial charge in [-0.15, -0.1) is 11.8 Å². The van der Waals surface area contributed by atoms with Crippen molar-refractivity contribution in [3.8, 4) is 0 Å². The van der Waals surface area contributed by atoms with Gasteiger partial charge in [0.15, 0.2) is 0 Å². The van der Waals surface area contributed by atoms with Crippen LogP contribution in [0.4, 0.5) is 0 Å². The van der Waals surface area contributed by atoms with E-state index in [1.165, 1.54) is 0 Å². The maximum Gasteiger partial charge on any atom is 0.253 e. The molecule has 0 bridgehead atoms. The van der Waals surface area contributed by atoms with Crippen molar-refractivity contribution in [2.75, 3.05) is 19.4 Å². The standard InChI is InChI=1S/C16H22N2O3S/c1-11(15(19)17-2)18-16(20)13-7-3-4-8-14(13)22-10-12-6-5-9-21-12/h3-4,7-8,11-12H,5-6,9-10H2,1-2H3,(H,17,19)(H,18,20). The smallest absolute Gasteiger partial charge is 0.253 e. The van der Waals surface area contributed by atoms with Crippen LogP contribution in [-0.2, 0) is 9.53 Å². The average Bonchev–Trinajstić information content (AvgIpc) is 3.05. The van der Waals surface area contributed by atoms with Crippen LogP contribution in [-0.4, -0.2) is 43.4 Å². The third-order valence-electron chi connectivity index (χ3n) is 3.57. The number of thioether (sulfide) groups is 1. The van der Waals surface area contributed by atoms with Gasteiger partial charge in [0.25, 0.3) is 5.91 Å². The first kappa shape index (κ1) is 16.8. The molecule has 0 aliphatic carbocycles. The van der Waals surface area contributed by atoms with Gasteiger partial charge in [-0.3, -0.25) is 9.59 Å². The molecule has 0 aromatic heterocycles. The minimum Gasteiger partial charge on any atom is -0.377 e. The van der Waals surface area contributed by atoms with E-state index in [1.807, 2.05) is 18.2 Å². The van der Waals surface area contributed by atoms with Gasteiger partial charge in [-0.2, -0.15) is 0 Å². The molecule has 1 saturated heterocycles. The Hall–Kier alpha value is -1.53. The van der Waals surface area contributed by atoms with Gasteiger partial charge in [-0.1, -0.05) is 12.1 Å². The van der Waals surface area contributed by atoms with Gasteiger partial charge in [0.1, 0.15) is 6.04 Å². The molecule has 1 aromatic rings. The Balaban J connectivity index is 2.00. The highest BCUT2D eigenvalue weighted by Gasteiger charge is 2.20. The van der Waals surface area contributed by atoms with E-state index in [4.69, 9.17) is 4.74 Å². The van der Waals surface area contributed by atoms with Crippen molar-refractivity contribution in [2.45, 2.75) is 36.8 Å². The van der Waals surface area contributed by atoms with Crippen molar-refractivity contribution < 1.29 is 14.3 Å². The largest absolute Gasteiger partial charge is 0.377 e. The van der Waals surface area contributed by atoms with Crippen LogP contribution in [0.15, 0.2) is 29.2 Å². The van der Waals surface area contributed by atoms with Crippen LogP contribution >= 0.6 is 11.8 Å². The molecule has 1 aliphatic heterocycles. The molecule has 22 heavy (non-hydrogen) atoms. The summed E-state index contributed by atoms with van der Waals surface area (Å²) >= 11 is 1.63. The number of carbonyl (C=O) groups is 2. The van der Waals surface area contributed by atoms with Crippen LogP contribution in [0.5, 0.6) is 0 Å². The quantitative estimate of drug-likeness (QED) is 0.784. The molecule has 120 valence electrons. The van der Waals surface area contributed by atoms with Gasteiger partial charge in [-0.25, -0.2) is 0 Å². The Labute approximate surface area is 135 Å². The number of rotatable bonds is 6. The van der Waals surface area contributed by atoms with Gasteiger partial charge in [0, 0.05) is 24.3 Å². The molecule has 5 nitrogen and oxygen atoms in total. The summed E-state index contributed by atoms with van der Waals surface area (Å²) in [7, 11) is 1.55. The lowest BCUT2D eigenvalue weighted by Crippen LogP contribution is -2.43. The molecule has 1 heterocycles. The summed E-state index contributed by atoms with van der Waals surface area (Å²) in [6.07, 6.45) is 2.46. The van der Waals surface area contributed by atoms with E-state index in [1.54, 1.807) is 31.8 Å². The highest BCUT2D eigenvalue weighted by atomic mass is 32.2. The van der Waals surface area contributed by atoms with Crippen molar-refractivity contribution in [1.82, 2.24) is 10.6 Å². The zero-order valence-corrected chi connectivity index (χ0v) is 13.7. The Morgan fingerprint density at radius 3 is 2.86 bits per heavy atom. The summed E-state index contributed by atoms with van der Waals surface area (Å²) < 4.78 is 5.61.